The van der Waals surface area contributed by atoms with Crippen LogP contribution in [0.4, 0.5) is 0 Å². The molecular formula is C13H18N2O4S. The van der Waals surface area contributed by atoms with Gasteiger partial charge in [-0.25, -0.2) is 0 Å². The second-order valence-electron chi connectivity index (χ2n) is 4.13. The maximum absolute atomic E-state index is 12.4. The van der Waals surface area contributed by atoms with Crippen LogP contribution in [0.15, 0.2) is 34.3 Å². The molecule has 0 unspecified atom stereocenters. The van der Waals surface area contributed by atoms with Crippen molar-refractivity contribution in [1.29, 1.82) is 0 Å². The van der Waals surface area contributed by atoms with E-state index in [1.807, 2.05) is 6.92 Å². The molecule has 110 valence electrons. The molecule has 0 aromatic heterocycles. The molecule has 0 radical (unpaired) electrons. The predicted molar refractivity (Wildman–Crippen MR) is 75.6 cm³/mol. The Kier molecular flexibility index (Phi) is 5.26. The van der Waals surface area contributed by atoms with Gasteiger partial charge in [0.1, 0.15) is 0 Å². The van der Waals surface area contributed by atoms with Crippen molar-refractivity contribution in [2.45, 2.75) is 32.6 Å². The van der Waals surface area contributed by atoms with Gasteiger partial charge in [0.25, 0.3) is 15.9 Å². The van der Waals surface area contributed by atoms with Crippen LogP contribution in [0.2, 0.25) is 0 Å². The maximum Gasteiger partial charge on any atom is 0.286 e. The van der Waals surface area contributed by atoms with Gasteiger partial charge in [-0.2, -0.15) is 8.42 Å². The highest BCUT2D eigenvalue weighted by molar-refractivity contribution is 7.89. The number of hydrogen-bond donors (Lipinski definition) is 0. The third kappa shape index (κ3) is 3.80. The number of benzene rings is 1. The molecule has 0 N–H and O–H groups in total. The molecule has 0 saturated heterocycles. The number of hydrogen-bond acceptors (Lipinski definition) is 5. The number of amides is 1. The van der Waals surface area contributed by atoms with Crippen molar-refractivity contribution in [3.8, 4) is 0 Å². The first-order chi connectivity index (χ1) is 9.28. The summed E-state index contributed by atoms with van der Waals surface area (Å²) in [6.07, 6.45) is 0. The van der Waals surface area contributed by atoms with Gasteiger partial charge in [-0.3, -0.25) is 4.79 Å². The van der Waals surface area contributed by atoms with Gasteiger partial charge in [-0.05, 0) is 26.0 Å². The number of carbonyl (C=O) groups excluding carboxylic acids is 1. The Morgan fingerprint density at radius 3 is 2.25 bits per heavy atom. The first kappa shape index (κ1) is 16.2. The van der Waals surface area contributed by atoms with E-state index < -0.39 is 15.9 Å². The smallest absolute Gasteiger partial charge is 0.286 e. The lowest BCUT2D eigenvalue weighted by atomic mass is 10.2. The van der Waals surface area contributed by atoms with E-state index in [0.717, 1.165) is 12.5 Å². The Morgan fingerprint density at radius 1 is 1.25 bits per heavy atom. The first-order valence-corrected chi connectivity index (χ1v) is 7.53. The molecule has 1 aromatic carbocycles. The SMILES string of the molecule is CCO/C(C)=N\N(C(C)=O)S(=O)(=O)c1ccc(C)cc1. The Balaban J connectivity index is 3.23. The molecule has 0 aliphatic rings. The summed E-state index contributed by atoms with van der Waals surface area (Å²) in [4.78, 5) is 11.6. The van der Waals surface area contributed by atoms with Crippen molar-refractivity contribution in [2.75, 3.05) is 6.61 Å². The van der Waals surface area contributed by atoms with Gasteiger partial charge in [-0.15, -0.1) is 9.52 Å². The number of carbonyl (C=O) groups is 1. The average Bonchev–Trinajstić information content (AvgIpc) is 2.36. The average molecular weight is 298 g/mol. The van der Waals surface area contributed by atoms with Crippen molar-refractivity contribution >= 4 is 21.8 Å². The number of ether oxygens (including phenoxy) is 1. The Hall–Kier alpha value is -1.89. The van der Waals surface area contributed by atoms with Crippen LogP contribution >= 0.6 is 0 Å². The van der Waals surface area contributed by atoms with E-state index in [4.69, 9.17) is 4.74 Å². The van der Waals surface area contributed by atoms with Gasteiger partial charge in [0.15, 0.2) is 0 Å². The lowest BCUT2D eigenvalue weighted by Crippen LogP contribution is -2.31. The molecule has 0 bridgehead atoms. The van der Waals surface area contributed by atoms with Crippen molar-refractivity contribution < 1.29 is 17.9 Å². The van der Waals surface area contributed by atoms with Crippen LogP contribution in [-0.4, -0.2) is 31.2 Å². The van der Waals surface area contributed by atoms with Gasteiger partial charge in [0.2, 0.25) is 5.90 Å². The first-order valence-electron chi connectivity index (χ1n) is 6.09. The summed E-state index contributed by atoms with van der Waals surface area (Å²) in [6, 6.07) is 6.19. The van der Waals surface area contributed by atoms with Crippen LogP contribution in [0.1, 0.15) is 26.3 Å². The van der Waals surface area contributed by atoms with E-state index in [0.29, 0.717) is 11.0 Å². The number of rotatable bonds is 4. The summed E-state index contributed by atoms with van der Waals surface area (Å²) >= 11 is 0. The number of sulfonamides is 1. The van der Waals surface area contributed by atoms with Gasteiger partial charge in [0.05, 0.1) is 11.5 Å². The molecule has 1 rings (SSSR count). The van der Waals surface area contributed by atoms with Crippen LogP contribution < -0.4 is 0 Å². The van der Waals surface area contributed by atoms with Crippen molar-refractivity contribution in [1.82, 2.24) is 4.41 Å². The molecule has 0 aliphatic carbocycles. The van der Waals surface area contributed by atoms with E-state index in [1.54, 1.807) is 19.1 Å². The van der Waals surface area contributed by atoms with Crippen LogP contribution in [0.25, 0.3) is 0 Å². The van der Waals surface area contributed by atoms with E-state index in [1.165, 1.54) is 19.1 Å². The quantitative estimate of drug-likeness (QED) is 0.483. The van der Waals surface area contributed by atoms with E-state index >= 15 is 0 Å². The van der Waals surface area contributed by atoms with E-state index in [-0.39, 0.29) is 10.8 Å². The fourth-order valence-corrected chi connectivity index (χ4v) is 2.71. The second-order valence-corrected chi connectivity index (χ2v) is 5.90. The van der Waals surface area contributed by atoms with E-state index in [2.05, 4.69) is 5.10 Å². The van der Waals surface area contributed by atoms with Crippen LogP contribution in [0.5, 0.6) is 0 Å². The largest absolute Gasteiger partial charge is 0.480 e. The minimum atomic E-state index is -4.01. The molecule has 0 atom stereocenters. The monoisotopic (exact) mass is 298 g/mol. The zero-order valence-electron chi connectivity index (χ0n) is 12.0. The summed E-state index contributed by atoms with van der Waals surface area (Å²) in [5.74, 6) is -0.594. The maximum atomic E-state index is 12.4. The number of aryl methyl sites for hydroxylation is 1. The predicted octanol–water partition coefficient (Wildman–Crippen LogP) is 1.90. The lowest BCUT2D eigenvalue weighted by Gasteiger charge is -2.16. The fraction of sp³-hybridized carbons (Fsp3) is 0.385. The molecule has 0 heterocycles. The van der Waals surface area contributed by atoms with Gasteiger partial charge < -0.3 is 4.74 Å². The highest BCUT2D eigenvalue weighted by Crippen LogP contribution is 2.17. The number of hydrazone groups is 1. The third-order valence-corrected chi connectivity index (χ3v) is 4.06. The Labute approximate surface area is 119 Å². The molecule has 7 heteroatoms. The summed E-state index contributed by atoms with van der Waals surface area (Å²) in [7, 11) is -4.01. The second kappa shape index (κ2) is 6.51. The Morgan fingerprint density at radius 2 is 1.80 bits per heavy atom. The molecule has 0 saturated carbocycles. The standard InChI is InChI=1S/C13H18N2O4S/c1-5-19-11(3)14-15(12(4)16)20(17,18)13-8-6-10(2)7-9-13/h6-9H,5H2,1-4H3/b14-11-. The normalized spacial score (nSPS) is 12.1. The molecule has 1 amide bonds. The van der Waals surface area contributed by atoms with Crippen LogP contribution in [0.3, 0.4) is 0 Å². The van der Waals surface area contributed by atoms with Crippen LogP contribution in [0, 0.1) is 6.92 Å². The minimum Gasteiger partial charge on any atom is -0.480 e. The van der Waals surface area contributed by atoms with E-state index in [9.17, 15) is 13.2 Å². The topological polar surface area (TPSA) is 76.0 Å². The third-order valence-electron chi connectivity index (χ3n) is 2.40. The van der Waals surface area contributed by atoms with Crippen LogP contribution in [-0.2, 0) is 19.6 Å². The molecule has 1 aromatic rings. The van der Waals surface area contributed by atoms with Crippen molar-refractivity contribution in [2.24, 2.45) is 5.10 Å². The molecular weight excluding hydrogens is 280 g/mol. The van der Waals surface area contributed by atoms with Gasteiger partial charge in [0, 0.05) is 13.8 Å². The summed E-state index contributed by atoms with van der Waals surface area (Å²) in [5, 5.41) is 3.73. The molecule has 6 nitrogen and oxygen atoms in total. The highest BCUT2D eigenvalue weighted by atomic mass is 32.2. The van der Waals surface area contributed by atoms with Gasteiger partial charge >= 0.3 is 0 Å². The molecule has 0 spiro atoms. The summed E-state index contributed by atoms with van der Waals surface area (Å²) in [5.41, 5.74) is 0.923. The molecule has 0 fully saturated rings. The Bertz CT molecular complexity index is 606. The minimum absolute atomic E-state index is 0.00588. The number of nitrogens with zero attached hydrogens (tertiary/aromatic N) is 2. The highest BCUT2D eigenvalue weighted by Gasteiger charge is 2.27. The summed E-state index contributed by atoms with van der Waals surface area (Å²) < 4.78 is 30.2. The van der Waals surface area contributed by atoms with Crippen molar-refractivity contribution in [3.63, 3.8) is 0 Å². The lowest BCUT2D eigenvalue weighted by molar-refractivity contribution is -0.124. The fourth-order valence-electron chi connectivity index (χ4n) is 1.47. The molecule has 0 aliphatic heterocycles. The zero-order chi connectivity index (χ0) is 15.3. The zero-order valence-corrected chi connectivity index (χ0v) is 12.8. The van der Waals surface area contributed by atoms with Crippen molar-refractivity contribution in [3.05, 3.63) is 29.8 Å². The molecule has 20 heavy (non-hydrogen) atoms. The van der Waals surface area contributed by atoms with Gasteiger partial charge in [-0.1, -0.05) is 17.7 Å². The summed E-state index contributed by atoms with van der Waals surface area (Å²) in [6.45, 7) is 6.55.